The Morgan fingerprint density at radius 2 is 2.46 bits per heavy atom. The molecule has 0 aliphatic rings. The molecule has 0 aliphatic heterocycles. The van der Waals surface area contributed by atoms with E-state index in [2.05, 4.69) is 34.6 Å². The molecule has 2 aromatic heterocycles. The van der Waals surface area contributed by atoms with Crippen LogP contribution in [0.5, 0.6) is 0 Å². The first-order valence-corrected chi connectivity index (χ1v) is 4.99. The predicted octanol–water partition coefficient (Wildman–Crippen LogP) is 2.21. The molecule has 2 aromatic rings. The Morgan fingerprint density at radius 1 is 1.62 bits per heavy atom. The van der Waals surface area contributed by atoms with Crippen LogP contribution >= 0.6 is 11.3 Å². The van der Waals surface area contributed by atoms with E-state index in [1.165, 1.54) is 4.88 Å². The lowest BCUT2D eigenvalue weighted by Crippen LogP contribution is -1.92. The van der Waals surface area contributed by atoms with Crippen molar-refractivity contribution < 1.29 is 0 Å². The number of hydrogen-bond donors (Lipinski definition) is 2. The summed E-state index contributed by atoms with van der Waals surface area (Å²) in [4.78, 5) is 1.32. The van der Waals surface area contributed by atoms with Crippen LogP contribution in [0.25, 0.3) is 0 Å². The smallest absolute Gasteiger partial charge is 0.145 e. The van der Waals surface area contributed by atoms with Gasteiger partial charge in [-0.25, -0.2) is 0 Å². The van der Waals surface area contributed by atoms with Crippen molar-refractivity contribution in [2.45, 2.75) is 12.8 Å². The maximum Gasteiger partial charge on any atom is 0.145 e. The summed E-state index contributed by atoms with van der Waals surface area (Å²) in [5.41, 5.74) is 6.60. The van der Waals surface area contributed by atoms with Crippen molar-refractivity contribution in [3.8, 4) is 0 Å². The van der Waals surface area contributed by atoms with Gasteiger partial charge in [-0.15, -0.1) is 11.3 Å². The van der Waals surface area contributed by atoms with Crippen molar-refractivity contribution in [1.29, 1.82) is 0 Å². The molecule has 0 spiro atoms. The van der Waals surface area contributed by atoms with Gasteiger partial charge in [0, 0.05) is 22.6 Å². The molecule has 0 aliphatic carbocycles. The molecule has 0 saturated heterocycles. The zero-order chi connectivity index (χ0) is 9.26. The van der Waals surface area contributed by atoms with E-state index in [1.54, 1.807) is 11.3 Å². The third-order valence-corrected chi connectivity index (χ3v) is 3.11. The summed E-state index contributed by atoms with van der Waals surface area (Å²) >= 11 is 1.75. The third-order valence-electron chi connectivity index (χ3n) is 2.05. The minimum Gasteiger partial charge on any atom is -0.382 e. The molecule has 1 unspecified atom stereocenters. The Kier molecular flexibility index (Phi) is 2.06. The largest absolute Gasteiger partial charge is 0.382 e. The van der Waals surface area contributed by atoms with Crippen molar-refractivity contribution in [2.75, 3.05) is 5.73 Å². The molecule has 3 N–H and O–H groups in total. The number of aromatic amines is 1. The van der Waals surface area contributed by atoms with E-state index < -0.39 is 0 Å². The SMILES string of the molecule is CC(c1cc(N)n[nH]1)c1cccs1. The van der Waals surface area contributed by atoms with Crippen LogP contribution in [0.3, 0.4) is 0 Å². The Bertz CT molecular complexity index is 377. The minimum absolute atomic E-state index is 0.352. The summed E-state index contributed by atoms with van der Waals surface area (Å²) < 4.78 is 0. The first-order chi connectivity index (χ1) is 6.27. The van der Waals surface area contributed by atoms with Crippen LogP contribution < -0.4 is 5.73 Å². The van der Waals surface area contributed by atoms with Crippen LogP contribution in [0.4, 0.5) is 5.82 Å². The molecule has 13 heavy (non-hydrogen) atoms. The summed E-state index contributed by atoms with van der Waals surface area (Å²) in [5, 5.41) is 8.91. The summed E-state index contributed by atoms with van der Waals surface area (Å²) in [6, 6.07) is 6.05. The van der Waals surface area contributed by atoms with Gasteiger partial charge in [-0.3, -0.25) is 5.10 Å². The Balaban J connectivity index is 2.28. The van der Waals surface area contributed by atoms with Crippen molar-refractivity contribution in [1.82, 2.24) is 10.2 Å². The monoisotopic (exact) mass is 193 g/mol. The van der Waals surface area contributed by atoms with Gasteiger partial charge >= 0.3 is 0 Å². The second-order valence-corrected chi connectivity index (χ2v) is 3.96. The van der Waals surface area contributed by atoms with E-state index in [1.807, 2.05) is 6.07 Å². The molecule has 0 amide bonds. The molecular formula is C9H11N3S. The van der Waals surface area contributed by atoms with Crippen LogP contribution in [-0.2, 0) is 0 Å². The number of hydrogen-bond acceptors (Lipinski definition) is 3. The second-order valence-electron chi connectivity index (χ2n) is 2.99. The lowest BCUT2D eigenvalue weighted by atomic mass is 10.1. The molecule has 68 valence electrons. The molecule has 0 fully saturated rings. The van der Waals surface area contributed by atoms with Crippen LogP contribution in [0, 0.1) is 0 Å². The maximum atomic E-state index is 5.53. The summed E-state index contributed by atoms with van der Waals surface area (Å²) in [5.74, 6) is 0.906. The van der Waals surface area contributed by atoms with E-state index in [9.17, 15) is 0 Å². The predicted molar refractivity (Wildman–Crippen MR) is 54.8 cm³/mol. The van der Waals surface area contributed by atoms with Gasteiger partial charge in [0.15, 0.2) is 0 Å². The van der Waals surface area contributed by atoms with Gasteiger partial charge in [0.2, 0.25) is 0 Å². The van der Waals surface area contributed by atoms with Crippen LogP contribution in [0.15, 0.2) is 23.6 Å². The van der Waals surface area contributed by atoms with Crippen LogP contribution in [0.2, 0.25) is 0 Å². The Hall–Kier alpha value is -1.29. The lowest BCUT2D eigenvalue weighted by molar-refractivity contribution is 0.871. The molecule has 0 radical (unpaired) electrons. The van der Waals surface area contributed by atoms with Gasteiger partial charge in [-0.2, -0.15) is 5.10 Å². The van der Waals surface area contributed by atoms with Gasteiger partial charge in [0.1, 0.15) is 5.82 Å². The highest BCUT2D eigenvalue weighted by molar-refractivity contribution is 7.10. The molecule has 2 heterocycles. The van der Waals surface area contributed by atoms with Gasteiger partial charge in [-0.1, -0.05) is 13.0 Å². The highest BCUT2D eigenvalue weighted by Gasteiger charge is 2.11. The fraction of sp³-hybridized carbons (Fsp3) is 0.222. The quantitative estimate of drug-likeness (QED) is 0.768. The third kappa shape index (κ3) is 1.58. The van der Waals surface area contributed by atoms with E-state index in [0.29, 0.717) is 11.7 Å². The topological polar surface area (TPSA) is 54.7 Å². The molecule has 0 bridgehead atoms. The van der Waals surface area contributed by atoms with Gasteiger partial charge in [0.25, 0.3) is 0 Å². The molecule has 4 heteroatoms. The average Bonchev–Trinajstić information content (AvgIpc) is 2.72. The van der Waals surface area contributed by atoms with Crippen molar-refractivity contribution >= 4 is 17.2 Å². The van der Waals surface area contributed by atoms with Gasteiger partial charge in [0.05, 0.1) is 0 Å². The lowest BCUT2D eigenvalue weighted by Gasteiger charge is -2.04. The van der Waals surface area contributed by atoms with Crippen LogP contribution in [0.1, 0.15) is 23.4 Å². The highest BCUT2D eigenvalue weighted by atomic mass is 32.1. The molecule has 3 nitrogen and oxygen atoms in total. The molecule has 2 rings (SSSR count). The second kappa shape index (κ2) is 3.22. The maximum absolute atomic E-state index is 5.53. The van der Waals surface area contributed by atoms with Gasteiger partial charge < -0.3 is 5.73 Å². The number of anilines is 1. The first kappa shape index (κ1) is 8.31. The fourth-order valence-corrected chi connectivity index (χ4v) is 2.07. The number of aromatic nitrogens is 2. The molecule has 1 atom stereocenters. The van der Waals surface area contributed by atoms with Crippen molar-refractivity contribution in [3.63, 3.8) is 0 Å². The van der Waals surface area contributed by atoms with Crippen LogP contribution in [-0.4, -0.2) is 10.2 Å². The fourth-order valence-electron chi connectivity index (χ4n) is 1.27. The number of H-pyrrole nitrogens is 1. The van der Waals surface area contributed by atoms with Crippen molar-refractivity contribution in [2.24, 2.45) is 0 Å². The summed E-state index contributed by atoms with van der Waals surface area (Å²) in [6.45, 7) is 2.14. The van der Waals surface area contributed by atoms with E-state index in [4.69, 9.17) is 5.73 Å². The number of nitrogens with zero attached hydrogens (tertiary/aromatic N) is 1. The number of rotatable bonds is 2. The number of nitrogen functional groups attached to an aromatic ring is 1. The molecular weight excluding hydrogens is 182 g/mol. The standard InChI is InChI=1S/C9H11N3S/c1-6(8-3-2-4-13-8)7-5-9(10)12-11-7/h2-6H,1H3,(H3,10,11,12). The van der Waals surface area contributed by atoms with E-state index in [0.717, 1.165) is 5.69 Å². The zero-order valence-corrected chi connectivity index (χ0v) is 8.14. The normalized spacial score (nSPS) is 13.0. The molecule has 0 saturated carbocycles. The zero-order valence-electron chi connectivity index (χ0n) is 7.32. The summed E-state index contributed by atoms with van der Waals surface area (Å²) in [6.07, 6.45) is 0. The van der Waals surface area contributed by atoms with E-state index in [-0.39, 0.29) is 0 Å². The number of thiophene rings is 1. The average molecular weight is 193 g/mol. The number of nitrogens with two attached hydrogens (primary N) is 1. The highest BCUT2D eigenvalue weighted by Crippen LogP contribution is 2.26. The van der Waals surface area contributed by atoms with Crippen molar-refractivity contribution in [3.05, 3.63) is 34.2 Å². The Labute approximate surface area is 80.6 Å². The Morgan fingerprint density at radius 3 is 3.00 bits per heavy atom. The summed E-state index contributed by atoms with van der Waals surface area (Å²) in [7, 11) is 0. The van der Waals surface area contributed by atoms with E-state index >= 15 is 0 Å². The van der Waals surface area contributed by atoms with Gasteiger partial charge in [-0.05, 0) is 11.4 Å². The molecule has 0 aromatic carbocycles. The number of nitrogens with one attached hydrogen (secondary N) is 1. The first-order valence-electron chi connectivity index (χ1n) is 4.11. The minimum atomic E-state index is 0.352.